The maximum atomic E-state index is 13.6. The predicted octanol–water partition coefficient (Wildman–Crippen LogP) is 1.18. The summed E-state index contributed by atoms with van der Waals surface area (Å²) < 4.78 is 22.1. The summed E-state index contributed by atoms with van der Waals surface area (Å²) in [6.07, 6.45) is -8.63. The van der Waals surface area contributed by atoms with Gasteiger partial charge in [0, 0.05) is 17.7 Å². The number of aliphatic hydroxyl groups excluding tert-OH is 2. The van der Waals surface area contributed by atoms with Crippen LogP contribution in [0.15, 0.2) is 45.6 Å². The lowest BCUT2D eigenvalue weighted by molar-refractivity contribution is -0.267. The fraction of sp³-hybridized carbons (Fsp3) is 0.214. The number of esters is 1. The molecule has 0 spiro atoms. The predicted molar refractivity (Wildman–Crippen MR) is 144 cm³/mol. The highest BCUT2D eigenvalue weighted by molar-refractivity contribution is 5.91. The van der Waals surface area contributed by atoms with Crippen LogP contribution in [0.2, 0.25) is 0 Å². The molecule has 0 unspecified atom stereocenters. The summed E-state index contributed by atoms with van der Waals surface area (Å²) in [5.41, 5.74) is -2.11. The van der Waals surface area contributed by atoms with Crippen LogP contribution in [0.3, 0.4) is 0 Å². The average molecular weight is 616 g/mol. The SMILES string of the molecule is C[C@H]1O[C@@H](Oc2c(-c3cc(O)c(O)c(O)c3)oc3cc(O)cc(O)c3c2=O)[C@@H](O)[C@H](O)[C@H]1OC(=O)c1cc(O)c(O)c(O)c1. The molecule has 0 aliphatic carbocycles. The van der Waals surface area contributed by atoms with E-state index < -0.39 is 111 Å². The fourth-order valence-electron chi connectivity index (χ4n) is 4.60. The van der Waals surface area contributed by atoms with Crippen molar-refractivity contribution in [3.8, 4) is 63.1 Å². The van der Waals surface area contributed by atoms with Gasteiger partial charge in [0.25, 0.3) is 0 Å². The Hall–Kier alpha value is -5.58. The van der Waals surface area contributed by atoms with Gasteiger partial charge in [-0.1, -0.05) is 0 Å². The Morgan fingerprint density at radius 3 is 1.93 bits per heavy atom. The number of carbonyl (C=O) groups is 1. The van der Waals surface area contributed by atoms with E-state index in [1.54, 1.807) is 0 Å². The molecule has 4 aromatic rings. The highest BCUT2D eigenvalue weighted by atomic mass is 16.7. The van der Waals surface area contributed by atoms with Crippen molar-refractivity contribution in [3.63, 3.8) is 0 Å². The van der Waals surface area contributed by atoms with Gasteiger partial charge in [0.15, 0.2) is 46.4 Å². The minimum Gasteiger partial charge on any atom is -0.508 e. The minimum absolute atomic E-state index is 0.249. The first kappa shape index (κ1) is 29.9. The van der Waals surface area contributed by atoms with Gasteiger partial charge in [0.1, 0.15) is 34.7 Å². The summed E-state index contributed by atoms with van der Waals surface area (Å²) >= 11 is 0. The van der Waals surface area contributed by atoms with Gasteiger partial charge >= 0.3 is 5.97 Å². The molecule has 3 aromatic carbocycles. The van der Waals surface area contributed by atoms with E-state index in [0.29, 0.717) is 0 Å². The number of carbonyl (C=O) groups excluding carboxylic acids is 1. The second-order valence-electron chi connectivity index (χ2n) is 9.83. The molecule has 0 bridgehead atoms. The Balaban J connectivity index is 1.50. The quantitative estimate of drug-likeness (QED) is 0.111. The van der Waals surface area contributed by atoms with Crippen LogP contribution in [0.4, 0.5) is 0 Å². The van der Waals surface area contributed by atoms with Crippen LogP contribution in [0.1, 0.15) is 17.3 Å². The Morgan fingerprint density at radius 2 is 1.34 bits per heavy atom. The second-order valence-corrected chi connectivity index (χ2v) is 9.83. The van der Waals surface area contributed by atoms with Crippen LogP contribution >= 0.6 is 0 Å². The Morgan fingerprint density at radius 1 is 0.773 bits per heavy atom. The number of benzene rings is 3. The Kier molecular flexibility index (Phi) is 7.42. The summed E-state index contributed by atoms with van der Waals surface area (Å²) in [5, 5.41) is 100. The van der Waals surface area contributed by atoms with Crippen molar-refractivity contribution < 1.29 is 74.5 Å². The number of hydrogen-bond donors (Lipinski definition) is 10. The van der Waals surface area contributed by atoms with Crippen LogP contribution in [0.5, 0.6) is 51.7 Å². The van der Waals surface area contributed by atoms with E-state index >= 15 is 0 Å². The number of rotatable bonds is 5. The van der Waals surface area contributed by atoms with Crippen molar-refractivity contribution in [3.05, 3.63) is 52.2 Å². The van der Waals surface area contributed by atoms with Crippen molar-refractivity contribution in [1.29, 1.82) is 0 Å². The summed E-state index contributed by atoms with van der Waals surface area (Å²) in [5.74, 6) is -8.80. The molecule has 0 radical (unpaired) electrons. The van der Waals surface area contributed by atoms with Crippen LogP contribution in [0, 0.1) is 0 Å². The molecule has 2 heterocycles. The minimum atomic E-state index is -2.02. The van der Waals surface area contributed by atoms with Crippen molar-refractivity contribution in [1.82, 2.24) is 0 Å². The van der Waals surface area contributed by atoms with Gasteiger partial charge < -0.3 is 69.7 Å². The molecule has 1 aliphatic rings. The van der Waals surface area contributed by atoms with E-state index in [-0.39, 0.29) is 11.1 Å². The molecular weight excluding hydrogens is 592 g/mol. The number of phenolic OH excluding ortho intramolecular Hbond substituents is 8. The normalized spacial score (nSPS) is 21.7. The summed E-state index contributed by atoms with van der Waals surface area (Å²) in [6, 6.07) is 5.17. The van der Waals surface area contributed by atoms with Gasteiger partial charge in [-0.25, -0.2) is 4.79 Å². The zero-order chi connectivity index (χ0) is 32.2. The number of fused-ring (bicyclic) bond motifs is 1. The highest BCUT2D eigenvalue weighted by Gasteiger charge is 2.47. The third-order valence-corrected chi connectivity index (χ3v) is 6.81. The molecule has 232 valence electrons. The summed E-state index contributed by atoms with van der Waals surface area (Å²) in [7, 11) is 0. The second kappa shape index (κ2) is 10.9. The van der Waals surface area contributed by atoms with Gasteiger partial charge in [-0.3, -0.25) is 4.79 Å². The van der Waals surface area contributed by atoms with Crippen molar-refractivity contribution in [2.24, 2.45) is 0 Å². The topological polar surface area (TPSA) is 277 Å². The molecule has 1 aromatic heterocycles. The van der Waals surface area contributed by atoms with E-state index in [4.69, 9.17) is 18.6 Å². The third kappa shape index (κ3) is 5.13. The van der Waals surface area contributed by atoms with Crippen LogP contribution in [-0.2, 0) is 9.47 Å². The molecule has 5 rings (SSSR count). The molecule has 1 aliphatic heterocycles. The summed E-state index contributed by atoms with van der Waals surface area (Å²) in [6.45, 7) is 1.31. The van der Waals surface area contributed by atoms with Crippen LogP contribution in [0.25, 0.3) is 22.3 Å². The lowest BCUT2D eigenvalue weighted by Crippen LogP contribution is -2.59. The molecule has 0 amide bonds. The van der Waals surface area contributed by atoms with Gasteiger partial charge in [-0.2, -0.15) is 0 Å². The smallest absolute Gasteiger partial charge is 0.338 e. The first-order valence-electron chi connectivity index (χ1n) is 12.6. The number of ether oxygens (including phenoxy) is 3. The largest absolute Gasteiger partial charge is 0.508 e. The van der Waals surface area contributed by atoms with E-state index in [2.05, 4.69) is 0 Å². The van der Waals surface area contributed by atoms with Crippen LogP contribution in [-0.4, -0.2) is 87.7 Å². The van der Waals surface area contributed by atoms with E-state index in [1.807, 2.05) is 0 Å². The first-order valence-corrected chi connectivity index (χ1v) is 12.6. The number of aliphatic hydroxyl groups is 2. The number of hydrogen-bond acceptors (Lipinski definition) is 16. The van der Waals surface area contributed by atoms with Crippen molar-refractivity contribution in [2.45, 2.75) is 37.6 Å². The molecule has 0 saturated carbocycles. The van der Waals surface area contributed by atoms with E-state index in [9.17, 15) is 60.7 Å². The zero-order valence-electron chi connectivity index (χ0n) is 22.3. The maximum Gasteiger partial charge on any atom is 0.338 e. The average Bonchev–Trinajstić information content (AvgIpc) is 2.95. The molecule has 16 heteroatoms. The van der Waals surface area contributed by atoms with Crippen LogP contribution < -0.4 is 10.2 Å². The molecular formula is C28H24O16. The Labute approximate surface area is 244 Å². The fourth-order valence-corrected chi connectivity index (χ4v) is 4.60. The molecule has 1 fully saturated rings. The molecule has 1 saturated heterocycles. The van der Waals surface area contributed by atoms with E-state index in [1.165, 1.54) is 6.92 Å². The molecule has 10 N–H and O–H groups in total. The molecule has 5 atom stereocenters. The van der Waals surface area contributed by atoms with Gasteiger partial charge in [-0.15, -0.1) is 0 Å². The monoisotopic (exact) mass is 616 g/mol. The van der Waals surface area contributed by atoms with Gasteiger partial charge in [0.2, 0.25) is 17.5 Å². The first-order chi connectivity index (χ1) is 20.7. The third-order valence-electron chi connectivity index (χ3n) is 6.81. The highest BCUT2D eigenvalue weighted by Crippen LogP contribution is 2.43. The van der Waals surface area contributed by atoms with Gasteiger partial charge in [-0.05, 0) is 31.2 Å². The molecule has 44 heavy (non-hydrogen) atoms. The maximum absolute atomic E-state index is 13.6. The Bertz CT molecular complexity index is 1800. The number of phenols is 8. The number of aromatic hydroxyl groups is 8. The summed E-state index contributed by atoms with van der Waals surface area (Å²) in [4.78, 5) is 26.2. The standard InChI is InChI=1S/C28H24O16/c1-8-24(43-27(40)10-4-15(33)20(36)16(34)5-10)22(38)23(39)28(41-8)44-26-21(37)18-12(30)6-11(29)7-17(18)42-25(26)9-2-13(31)19(35)14(32)3-9/h2-8,22-24,28-36,38-39H,1H3/t8-,22+,23+,24+,28+/m1/s1. The van der Waals surface area contributed by atoms with Crippen molar-refractivity contribution >= 4 is 16.9 Å². The lowest BCUT2D eigenvalue weighted by atomic mass is 9.99. The lowest BCUT2D eigenvalue weighted by Gasteiger charge is -2.40. The zero-order valence-corrected chi connectivity index (χ0v) is 22.3. The van der Waals surface area contributed by atoms with E-state index in [0.717, 1.165) is 36.4 Å². The van der Waals surface area contributed by atoms with Crippen molar-refractivity contribution in [2.75, 3.05) is 0 Å². The van der Waals surface area contributed by atoms with Gasteiger partial charge in [0.05, 0.1) is 11.7 Å². The molecule has 16 nitrogen and oxygen atoms in total.